The molecular weight excluding hydrogens is 270 g/mol. The quantitative estimate of drug-likeness (QED) is 0.734. The van der Waals surface area contributed by atoms with Crippen LogP contribution in [0.5, 0.6) is 0 Å². The van der Waals surface area contributed by atoms with E-state index in [-0.39, 0.29) is 6.04 Å². The molecule has 19 heavy (non-hydrogen) atoms. The molecule has 2 heterocycles. The topological polar surface area (TPSA) is 26.0 Å². The molecule has 0 aliphatic rings. The van der Waals surface area contributed by atoms with Gasteiger partial charge >= 0.3 is 0 Å². The van der Waals surface area contributed by atoms with Crippen molar-refractivity contribution in [3.8, 4) is 0 Å². The predicted octanol–water partition coefficient (Wildman–Crippen LogP) is 4.82. The van der Waals surface area contributed by atoms with Crippen LogP contribution in [0.2, 0.25) is 0 Å². The Kier molecular flexibility index (Phi) is 3.44. The molecule has 0 amide bonds. The molecule has 0 spiro atoms. The third kappa shape index (κ3) is 2.46. The first-order valence-electron chi connectivity index (χ1n) is 6.43. The first kappa shape index (κ1) is 12.9. The summed E-state index contributed by atoms with van der Waals surface area (Å²) >= 11 is 3.64. The van der Waals surface area contributed by atoms with Gasteiger partial charge in [-0.25, -0.2) is 0 Å². The highest BCUT2D eigenvalue weighted by Crippen LogP contribution is 2.31. The van der Waals surface area contributed by atoms with E-state index in [2.05, 4.69) is 49.6 Å². The van der Waals surface area contributed by atoms with Crippen molar-refractivity contribution in [3.63, 3.8) is 0 Å². The largest absolute Gasteiger partial charge is 0.323 e. The monoisotopic (exact) mass is 287 g/mol. The summed E-state index contributed by atoms with van der Waals surface area (Å²) in [7, 11) is 0. The molecule has 3 rings (SSSR count). The van der Waals surface area contributed by atoms with Gasteiger partial charge in [-0.05, 0) is 54.3 Å². The lowest BCUT2D eigenvalue weighted by atomic mass is 10.0. The number of rotatable bonds is 3. The number of aryl methyl sites for hydroxylation is 2. The van der Waals surface area contributed by atoms with Gasteiger partial charge in [0.05, 0.1) is 0 Å². The summed E-state index contributed by atoms with van der Waals surface area (Å²) in [5.74, 6) is 0. The molecule has 0 fully saturated rings. The van der Waals surface area contributed by atoms with Crippen LogP contribution in [0.25, 0.3) is 10.1 Å². The number of nitrogens with two attached hydrogens (primary N) is 1. The van der Waals surface area contributed by atoms with Crippen molar-refractivity contribution in [1.29, 1.82) is 0 Å². The zero-order valence-electron chi connectivity index (χ0n) is 11.1. The molecule has 0 saturated carbocycles. The van der Waals surface area contributed by atoms with E-state index in [0.717, 1.165) is 6.42 Å². The van der Waals surface area contributed by atoms with Gasteiger partial charge in [0.1, 0.15) is 0 Å². The Labute approximate surface area is 121 Å². The highest BCUT2D eigenvalue weighted by Gasteiger charge is 2.13. The molecule has 1 unspecified atom stereocenters. The third-order valence-electron chi connectivity index (χ3n) is 3.55. The summed E-state index contributed by atoms with van der Waals surface area (Å²) in [5.41, 5.74) is 9.10. The molecule has 98 valence electrons. The van der Waals surface area contributed by atoms with Gasteiger partial charge < -0.3 is 5.73 Å². The molecule has 1 atom stereocenters. The summed E-state index contributed by atoms with van der Waals surface area (Å²) in [4.78, 5) is 2.67. The fourth-order valence-electron chi connectivity index (χ4n) is 2.31. The Balaban J connectivity index is 1.88. The molecular formula is C16H17NS2. The van der Waals surface area contributed by atoms with Gasteiger partial charge in [0, 0.05) is 20.5 Å². The van der Waals surface area contributed by atoms with Crippen LogP contribution in [0.15, 0.2) is 35.7 Å². The molecule has 1 aromatic carbocycles. The van der Waals surface area contributed by atoms with Crippen molar-refractivity contribution >= 4 is 32.8 Å². The van der Waals surface area contributed by atoms with Crippen LogP contribution in [-0.2, 0) is 6.42 Å². The molecule has 0 bridgehead atoms. The highest BCUT2D eigenvalue weighted by atomic mass is 32.1. The smallest absolute Gasteiger partial charge is 0.0431 e. The number of fused-ring (bicyclic) bond motifs is 1. The summed E-state index contributed by atoms with van der Waals surface area (Å²) in [6.45, 7) is 4.32. The summed E-state index contributed by atoms with van der Waals surface area (Å²) in [6, 6.07) is 10.9. The maximum atomic E-state index is 6.37. The van der Waals surface area contributed by atoms with Crippen molar-refractivity contribution in [1.82, 2.24) is 0 Å². The van der Waals surface area contributed by atoms with Gasteiger partial charge in [-0.2, -0.15) is 0 Å². The summed E-state index contributed by atoms with van der Waals surface area (Å²) < 4.78 is 1.35. The zero-order valence-corrected chi connectivity index (χ0v) is 12.8. The van der Waals surface area contributed by atoms with Crippen LogP contribution < -0.4 is 5.73 Å². The van der Waals surface area contributed by atoms with E-state index in [4.69, 9.17) is 5.73 Å². The minimum atomic E-state index is 0.107. The third-order valence-corrected chi connectivity index (χ3v) is 5.85. The van der Waals surface area contributed by atoms with Crippen molar-refractivity contribution in [2.75, 3.05) is 0 Å². The zero-order chi connectivity index (χ0) is 13.4. The maximum absolute atomic E-state index is 6.37. The first-order chi connectivity index (χ1) is 9.15. The van der Waals surface area contributed by atoms with E-state index >= 15 is 0 Å². The Bertz CT molecular complexity index is 689. The van der Waals surface area contributed by atoms with Crippen LogP contribution in [0.3, 0.4) is 0 Å². The molecule has 3 aromatic rings. The standard InChI is InChI=1S/C16H17NS2/c1-10-7-16(19-11(10)2)14(17)8-12-9-18-15-6-4-3-5-13(12)15/h3-7,9,14H,8,17H2,1-2H3. The number of thiophene rings is 2. The van der Waals surface area contributed by atoms with Crippen LogP contribution in [-0.4, -0.2) is 0 Å². The Morgan fingerprint density at radius 2 is 2.00 bits per heavy atom. The van der Waals surface area contributed by atoms with E-state index in [9.17, 15) is 0 Å². The van der Waals surface area contributed by atoms with Crippen molar-refractivity contribution in [2.24, 2.45) is 5.73 Å². The fraction of sp³-hybridized carbons (Fsp3) is 0.250. The van der Waals surface area contributed by atoms with Gasteiger partial charge in [-0.15, -0.1) is 22.7 Å². The lowest BCUT2D eigenvalue weighted by Crippen LogP contribution is -2.11. The predicted molar refractivity (Wildman–Crippen MR) is 86.3 cm³/mol. The second kappa shape index (κ2) is 5.08. The van der Waals surface area contributed by atoms with E-state index in [1.807, 2.05) is 22.7 Å². The number of benzene rings is 1. The lowest BCUT2D eigenvalue weighted by Gasteiger charge is -2.08. The minimum Gasteiger partial charge on any atom is -0.323 e. The molecule has 0 radical (unpaired) electrons. The number of hydrogen-bond donors (Lipinski definition) is 1. The molecule has 3 heteroatoms. The summed E-state index contributed by atoms with van der Waals surface area (Å²) in [5, 5.41) is 3.60. The van der Waals surface area contributed by atoms with Crippen LogP contribution in [0, 0.1) is 13.8 Å². The molecule has 2 N–H and O–H groups in total. The second-order valence-corrected chi connectivity index (χ2v) is 7.15. The van der Waals surface area contributed by atoms with Gasteiger partial charge in [-0.1, -0.05) is 18.2 Å². The van der Waals surface area contributed by atoms with Gasteiger partial charge in [-0.3, -0.25) is 0 Å². The van der Waals surface area contributed by atoms with Crippen LogP contribution >= 0.6 is 22.7 Å². The highest BCUT2D eigenvalue weighted by molar-refractivity contribution is 7.17. The van der Waals surface area contributed by atoms with Crippen LogP contribution in [0.4, 0.5) is 0 Å². The second-order valence-electron chi connectivity index (χ2n) is 4.96. The van der Waals surface area contributed by atoms with Crippen molar-refractivity contribution in [2.45, 2.75) is 26.3 Å². The van der Waals surface area contributed by atoms with Crippen LogP contribution in [0.1, 0.15) is 26.9 Å². The Morgan fingerprint density at radius 3 is 2.74 bits per heavy atom. The van der Waals surface area contributed by atoms with E-state index in [1.54, 1.807) is 0 Å². The first-order valence-corrected chi connectivity index (χ1v) is 8.12. The number of hydrogen-bond acceptors (Lipinski definition) is 3. The average molecular weight is 287 g/mol. The normalized spacial score (nSPS) is 13.0. The van der Waals surface area contributed by atoms with Gasteiger partial charge in [0.2, 0.25) is 0 Å². The Morgan fingerprint density at radius 1 is 1.21 bits per heavy atom. The molecule has 0 saturated heterocycles. The van der Waals surface area contributed by atoms with Crippen molar-refractivity contribution in [3.05, 3.63) is 56.6 Å². The van der Waals surface area contributed by atoms with Crippen molar-refractivity contribution < 1.29 is 0 Å². The van der Waals surface area contributed by atoms with E-state index < -0.39 is 0 Å². The molecule has 0 aliphatic carbocycles. The Hall–Kier alpha value is -1.16. The SMILES string of the molecule is Cc1cc(C(N)Cc2csc3ccccc23)sc1C. The minimum absolute atomic E-state index is 0.107. The average Bonchev–Trinajstić information content (AvgIpc) is 2.95. The molecule has 1 nitrogen and oxygen atoms in total. The lowest BCUT2D eigenvalue weighted by molar-refractivity contribution is 0.741. The maximum Gasteiger partial charge on any atom is 0.0431 e. The molecule has 2 aromatic heterocycles. The fourth-order valence-corrected chi connectivity index (χ4v) is 4.33. The van der Waals surface area contributed by atoms with Gasteiger partial charge in [0.25, 0.3) is 0 Å². The van der Waals surface area contributed by atoms with E-state index in [1.165, 1.54) is 31.0 Å². The summed E-state index contributed by atoms with van der Waals surface area (Å²) in [6.07, 6.45) is 0.920. The van der Waals surface area contributed by atoms with Gasteiger partial charge in [0.15, 0.2) is 0 Å². The molecule has 0 aliphatic heterocycles. The van der Waals surface area contributed by atoms with E-state index in [0.29, 0.717) is 0 Å².